The third-order valence-electron chi connectivity index (χ3n) is 5.69. The summed E-state index contributed by atoms with van der Waals surface area (Å²) < 4.78 is 10.7. The van der Waals surface area contributed by atoms with E-state index in [4.69, 9.17) is 15.2 Å². The maximum absolute atomic E-state index is 13.6. The first-order chi connectivity index (χ1) is 15.4. The highest BCUT2D eigenvalue weighted by molar-refractivity contribution is 6.29. The fourth-order valence-corrected chi connectivity index (χ4v) is 4.29. The number of ketones is 2. The first kappa shape index (κ1) is 19.6. The number of allylic oxidation sites excluding steroid dienone is 2. The predicted octanol–water partition coefficient (Wildman–Crippen LogP) is 2.26. The minimum Gasteiger partial charge on any atom is -0.493 e. The lowest BCUT2D eigenvalue weighted by atomic mass is 9.74. The Kier molecular flexibility index (Phi) is 4.33. The van der Waals surface area contributed by atoms with Crippen LogP contribution < -0.4 is 26.1 Å². The Morgan fingerprint density at radius 1 is 0.938 bits per heavy atom. The third kappa shape index (κ3) is 2.71. The molecule has 160 valence electrons. The summed E-state index contributed by atoms with van der Waals surface area (Å²) in [5, 5.41) is 2.89. The Labute approximate surface area is 181 Å². The zero-order valence-electron chi connectivity index (χ0n) is 17.2. The zero-order chi connectivity index (χ0) is 22.6. The number of rotatable bonds is 3. The summed E-state index contributed by atoms with van der Waals surface area (Å²) >= 11 is 0. The Bertz CT molecular complexity index is 1410. The Hall–Kier alpha value is -4.40. The van der Waals surface area contributed by atoms with Crippen molar-refractivity contribution in [3.05, 3.63) is 86.3 Å². The fraction of sp³-hybridized carbons (Fsp3) is 0.130. The minimum absolute atomic E-state index is 0.0819. The number of methoxy groups -OCH3 is 2. The summed E-state index contributed by atoms with van der Waals surface area (Å²) in [6.07, 6.45) is 0. The van der Waals surface area contributed by atoms with Crippen molar-refractivity contribution in [1.82, 2.24) is 9.97 Å². The summed E-state index contributed by atoms with van der Waals surface area (Å²) in [5.74, 6) is -0.641. The van der Waals surface area contributed by atoms with Crippen LogP contribution >= 0.6 is 0 Å². The number of nitrogens with one attached hydrogen (secondary N) is 2. The van der Waals surface area contributed by atoms with Crippen LogP contribution in [0, 0.1) is 0 Å². The van der Waals surface area contributed by atoms with Gasteiger partial charge in [-0.15, -0.1) is 0 Å². The van der Waals surface area contributed by atoms with Gasteiger partial charge in [-0.1, -0.05) is 30.3 Å². The van der Waals surface area contributed by atoms with Gasteiger partial charge in [0.05, 0.1) is 25.5 Å². The smallest absolute Gasteiger partial charge is 0.258 e. The number of nitrogens with zero attached hydrogens (tertiary/aromatic N) is 1. The molecule has 32 heavy (non-hydrogen) atoms. The molecule has 2 heterocycles. The lowest BCUT2D eigenvalue weighted by Gasteiger charge is -2.32. The van der Waals surface area contributed by atoms with Gasteiger partial charge in [0.25, 0.3) is 5.56 Å². The van der Waals surface area contributed by atoms with E-state index in [0.29, 0.717) is 17.1 Å². The third-order valence-corrected chi connectivity index (χ3v) is 5.69. The highest BCUT2D eigenvalue weighted by Gasteiger charge is 2.43. The van der Waals surface area contributed by atoms with E-state index in [2.05, 4.69) is 15.3 Å². The molecule has 3 aromatic rings. The lowest BCUT2D eigenvalue weighted by molar-refractivity contribution is 0.0971. The lowest BCUT2D eigenvalue weighted by Crippen LogP contribution is -2.36. The van der Waals surface area contributed by atoms with Crippen LogP contribution in [0.2, 0.25) is 0 Å². The number of hydrogen-bond donors (Lipinski definition) is 3. The molecule has 1 aliphatic heterocycles. The van der Waals surface area contributed by atoms with Crippen LogP contribution in [0.3, 0.4) is 0 Å². The van der Waals surface area contributed by atoms with E-state index in [1.807, 2.05) is 0 Å². The maximum Gasteiger partial charge on any atom is 0.258 e. The average Bonchev–Trinajstić information content (AvgIpc) is 2.80. The van der Waals surface area contributed by atoms with Crippen molar-refractivity contribution in [3.63, 3.8) is 0 Å². The number of Topliss-reactive ketones (excluding diaryl/α,β-unsaturated/α-hetero) is 2. The molecule has 5 rings (SSSR count). The normalized spacial score (nSPS) is 16.6. The molecule has 0 saturated heterocycles. The molecule has 2 aromatic carbocycles. The van der Waals surface area contributed by atoms with Crippen LogP contribution in [-0.2, 0) is 0 Å². The van der Waals surface area contributed by atoms with Gasteiger partial charge in [0.1, 0.15) is 5.82 Å². The second kappa shape index (κ2) is 7.09. The summed E-state index contributed by atoms with van der Waals surface area (Å²) in [6, 6.07) is 11.7. The van der Waals surface area contributed by atoms with Crippen LogP contribution in [-0.4, -0.2) is 35.8 Å². The average molecular weight is 430 g/mol. The molecule has 1 aromatic heterocycles. The van der Waals surface area contributed by atoms with Gasteiger partial charge in [-0.3, -0.25) is 19.4 Å². The number of carbonyl (C=O) groups is 2. The van der Waals surface area contributed by atoms with E-state index >= 15 is 0 Å². The number of benzene rings is 2. The van der Waals surface area contributed by atoms with Crippen LogP contribution in [0.25, 0.3) is 0 Å². The molecule has 0 radical (unpaired) electrons. The highest BCUT2D eigenvalue weighted by atomic mass is 16.5. The zero-order valence-corrected chi connectivity index (χ0v) is 17.2. The number of carbonyl (C=O) groups excluding carboxylic acids is 2. The molecule has 0 fully saturated rings. The van der Waals surface area contributed by atoms with E-state index in [9.17, 15) is 14.4 Å². The van der Waals surface area contributed by atoms with Gasteiger partial charge in [-0.2, -0.15) is 4.98 Å². The van der Waals surface area contributed by atoms with E-state index in [1.165, 1.54) is 14.2 Å². The van der Waals surface area contributed by atoms with E-state index in [1.54, 1.807) is 42.5 Å². The van der Waals surface area contributed by atoms with Crippen LogP contribution in [0.15, 0.2) is 58.5 Å². The standard InChI is InChI=1S/C23H18N4O5/c1-31-13-8-7-10(9-14(13)32-2)15-16-18(25-21-17(15)22(30)27-23(24)26-21)20(29)12-6-4-3-5-11(12)19(16)28/h3-9,15H,1-2H3,(H4,24,25,26,27,30). The first-order valence-electron chi connectivity index (χ1n) is 9.75. The Morgan fingerprint density at radius 3 is 2.31 bits per heavy atom. The molecule has 1 unspecified atom stereocenters. The molecule has 0 amide bonds. The largest absolute Gasteiger partial charge is 0.493 e. The van der Waals surface area contributed by atoms with Crippen molar-refractivity contribution >= 4 is 23.3 Å². The van der Waals surface area contributed by atoms with Gasteiger partial charge in [0.15, 0.2) is 17.3 Å². The molecule has 0 spiro atoms. The van der Waals surface area contributed by atoms with Crippen molar-refractivity contribution in [1.29, 1.82) is 0 Å². The number of anilines is 2. The summed E-state index contributed by atoms with van der Waals surface area (Å²) in [5.41, 5.74) is 6.81. The minimum atomic E-state index is -0.872. The molecule has 0 saturated carbocycles. The summed E-state index contributed by atoms with van der Waals surface area (Å²) in [4.78, 5) is 46.5. The van der Waals surface area contributed by atoms with Gasteiger partial charge in [0, 0.05) is 22.6 Å². The van der Waals surface area contributed by atoms with E-state index in [-0.39, 0.29) is 51.3 Å². The number of fused-ring (bicyclic) bond motifs is 2. The quantitative estimate of drug-likeness (QED) is 0.576. The van der Waals surface area contributed by atoms with Gasteiger partial charge in [0.2, 0.25) is 11.7 Å². The number of H-pyrrole nitrogens is 1. The van der Waals surface area contributed by atoms with Crippen molar-refractivity contribution < 1.29 is 19.1 Å². The van der Waals surface area contributed by atoms with Crippen molar-refractivity contribution in [2.24, 2.45) is 0 Å². The molecule has 4 N–H and O–H groups in total. The first-order valence-corrected chi connectivity index (χ1v) is 9.75. The highest BCUT2D eigenvalue weighted by Crippen LogP contribution is 2.45. The molecular formula is C23H18N4O5. The van der Waals surface area contributed by atoms with E-state index < -0.39 is 11.5 Å². The summed E-state index contributed by atoms with van der Waals surface area (Å²) in [6.45, 7) is 0. The van der Waals surface area contributed by atoms with Gasteiger partial charge < -0.3 is 20.5 Å². The second-order valence-corrected chi connectivity index (χ2v) is 7.38. The molecule has 0 bridgehead atoms. The van der Waals surface area contributed by atoms with Crippen molar-refractivity contribution in [3.8, 4) is 11.5 Å². The SMILES string of the molecule is COc1ccc(C2C3=C(Nc4nc(N)[nH]c(=O)c42)C(=O)c2ccccc2C3=O)cc1OC. The van der Waals surface area contributed by atoms with Crippen LogP contribution in [0.4, 0.5) is 11.8 Å². The molecule has 1 aliphatic carbocycles. The number of hydrogen-bond acceptors (Lipinski definition) is 8. The van der Waals surface area contributed by atoms with E-state index in [0.717, 1.165) is 0 Å². The molecule has 2 aliphatic rings. The van der Waals surface area contributed by atoms with Crippen LogP contribution in [0.1, 0.15) is 37.8 Å². The number of nitrogens with two attached hydrogens (primary N) is 1. The number of nitrogen functional groups attached to an aromatic ring is 1. The predicted molar refractivity (Wildman–Crippen MR) is 116 cm³/mol. The van der Waals surface area contributed by atoms with Gasteiger partial charge >= 0.3 is 0 Å². The summed E-state index contributed by atoms with van der Waals surface area (Å²) in [7, 11) is 3.00. The monoisotopic (exact) mass is 430 g/mol. The second-order valence-electron chi connectivity index (χ2n) is 7.38. The molecule has 1 atom stereocenters. The van der Waals surface area contributed by atoms with Crippen molar-refractivity contribution in [2.75, 3.05) is 25.3 Å². The van der Waals surface area contributed by atoms with Gasteiger partial charge in [-0.25, -0.2) is 0 Å². The van der Waals surface area contributed by atoms with Gasteiger partial charge in [-0.05, 0) is 17.7 Å². The topological polar surface area (TPSA) is 136 Å². The molecular weight excluding hydrogens is 412 g/mol. The number of ether oxygens (including phenoxy) is 2. The molecule has 9 heteroatoms. The Morgan fingerprint density at radius 2 is 1.62 bits per heavy atom. The Balaban J connectivity index is 1.82. The number of aromatic amines is 1. The molecule has 9 nitrogen and oxygen atoms in total. The van der Waals surface area contributed by atoms with Crippen LogP contribution in [0.5, 0.6) is 11.5 Å². The van der Waals surface area contributed by atoms with Crippen molar-refractivity contribution in [2.45, 2.75) is 5.92 Å². The number of aromatic nitrogens is 2. The maximum atomic E-state index is 13.6. The fourth-order valence-electron chi connectivity index (χ4n) is 4.29.